The quantitative estimate of drug-likeness (QED) is 0.310. The van der Waals surface area contributed by atoms with Crippen LogP contribution < -0.4 is 5.84 Å². The number of rotatable bonds is 3. The molecule has 0 spiro atoms. The summed E-state index contributed by atoms with van der Waals surface area (Å²) in [4.78, 5) is 0. The molecule has 3 nitrogen and oxygen atoms in total. The number of hydrogen-bond acceptors (Lipinski definition) is 3. The van der Waals surface area contributed by atoms with Crippen LogP contribution in [-0.2, 0) is 6.42 Å². The molecule has 0 aliphatic heterocycles. The average molecular weight is 161 g/mol. The summed E-state index contributed by atoms with van der Waals surface area (Å²) in [5.41, 5.74) is 1.20. The van der Waals surface area contributed by atoms with E-state index in [2.05, 4.69) is 0 Å². The van der Waals surface area contributed by atoms with Gasteiger partial charge in [0.1, 0.15) is 0 Å². The molecule has 0 atom stereocenters. The van der Waals surface area contributed by atoms with Crippen molar-refractivity contribution in [2.45, 2.75) is 6.42 Å². The van der Waals surface area contributed by atoms with Gasteiger partial charge in [0.2, 0.25) is 0 Å². The van der Waals surface area contributed by atoms with Gasteiger partial charge in [-0.05, 0) is 12.0 Å². The first-order valence-corrected chi connectivity index (χ1v) is 3.79. The predicted octanol–water partition coefficient (Wildman–Crippen LogP) is 0.886. The first kappa shape index (κ1) is 8.57. The zero-order chi connectivity index (χ0) is 8.81. The van der Waals surface area contributed by atoms with Crippen LogP contribution in [0.1, 0.15) is 5.56 Å². The number of hydrogen-bond donors (Lipinski definition) is 1. The molecular weight excluding hydrogens is 150 g/mol. The minimum Gasteiger partial charge on any atom is -0.247 e. The lowest BCUT2D eigenvalue weighted by atomic mass is 10.1. The monoisotopic (exact) mass is 161 g/mol. The minimum absolute atomic E-state index is 0.570. The lowest BCUT2D eigenvalue weighted by molar-refractivity contribution is 0.415. The Balaban J connectivity index is 2.40. The lowest BCUT2D eigenvalue weighted by Crippen LogP contribution is -2.27. The molecule has 0 aliphatic carbocycles. The van der Waals surface area contributed by atoms with E-state index in [1.165, 1.54) is 5.56 Å². The van der Waals surface area contributed by atoms with Crippen LogP contribution in [0.2, 0.25) is 0 Å². The van der Waals surface area contributed by atoms with Crippen LogP contribution in [0.25, 0.3) is 0 Å². The summed E-state index contributed by atoms with van der Waals surface area (Å²) in [5, 5.41) is 9.50. The van der Waals surface area contributed by atoms with Gasteiger partial charge in [0.25, 0.3) is 0 Å². The van der Waals surface area contributed by atoms with Crippen molar-refractivity contribution in [3.8, 4) is 6.19 Å². The molecule has 0 fully saturated rings. The normalized spacial score (nSPS) is 9.00. The molecule has 0 radical (unpaired) electrons. The Morgan fingerprint density at radius 3 is 2.58 bits per heavy atom. The second kappa shape index (κ2) is 4.37. The summed E-state index contributed by atoms with van der Waals surface area (Å²) in [7, 11) is 0. The molecule has 2 N–H and O–H groups in total. The second-order valence-electron chi connectivity index (χ2n) is 2.53. The van der Waals surface area contributed by atoms with Crippen molar-refractivity contribution >= 4 is 0 Å². The first-order chi connectivity index (χ1) is 5.83. The number of nitrogens with two attached hydrogens (primary N) is 1. The molecule has 0 amide bonds. The summed E-state index contributed by atoms with van der Waals surface area (Å²) in [5.74, 6) is 5.29. The van der Waals surface area contributed by atoms with E-state index in [1.807, 2.05) is 36.5 Å². The molecule has 0 saturated heterocycles. The Hall–Kier alpha value is -1.53. The van der Waals surface area contributed by atoms with Gasteiger partial charge in [-0.2, -0.15) is 5.26 Å². The van der Waals surface area contributed by atoms with Crippen molar-refractivity contribution in [3.05, 3.63) is 35.9 Å². The third-order valence-corrected chi connectivity index (χ3v) is 1.61. The van der Waals surface area contributed by atoms with Gasteiger partial charge < -0.3 is 0 Å². The molecular formula is C9H11N3. The number of nitriles is 1. The predicted molar refractivity (Wildman–Crippen MR) is 46.7 cm³/mol. The van der Waals surface area contributed by atoms with Crippen LogP contribution in [0, 0.1) is 11.5 Å². The zero-order valence-corrected chi connectivity index (χ0v) is 6.77. The molecule has 1 aromatic rings. The van der Waals surface area contributed by atoms with Gasteiger partial charge in [-0.25, -0.2) is 10.9 Å². The van der Waals surface area contributed by atoms with Crippen LogP contribution in [0.15, 0.2) is 30.3 Å². The van der Waals surface area contributed by atoms with Crippen molar-refractivity contribution < 1.29 is 0 Å². The highest BCUT2D eigenvalue weighted by Gasteiger charge is 1.94. The van der Waals surface area contributed by atoms with E-state index >= 15 is 0 Å². The highest BCUT2D eigenvalue weighted by molar-refractivity contribution is 5.14. The minimum atomic E-state index is 0.570. The van der Waals surface area contributed by atoms with E-state index in [1.54, 1.807) is 0 Å². The topological polar surface area (TPSA) is 53.0 Å². The van der Waals surface area contributed by atoms with Crippen LogP contribution in [0.5, 0.6) is 0 Å². The maximum Gasteiger partial charge on any atom is 0.194 e. The molecule has 1 rings (SSSR count). The van der Waals surface area contributed by atoms with Gasteiger partial charge >= 0.3 is 0 Å². The SMILES string of the molecule is N#CN(N)CCc1ccccc1. The second-order valence-corrected chi connectivity index (χ2v) is 2.53. The Kier molecular flexibility index (Phi) is 3.12. The Bertz CT molecular complexity index is 263. The van der Waals surface area contributed by atoms with Gasteiger partial charge in [0.05, 0.1) is 0 Å². The van der Waals surface area contributed by atoms with E-state index in [9.17, 15) is 0 Å². The van der Waals surface area contributed by atoms with Crippen LogP contribution in [0.3, 0.4) is 0 Å². The fourth-order valence-electron chi connectivity index (χ4n) is 0.944. The molecule has 12 heavy (non-hydrogen) atoms. The molecule has 0 aromatic heterocycles. The van der Waals surface area contributed by atoms with Crippen molar-refractivity contribution in [1.29, 1.82) is 5.26 Å². The molecule has 0 heterocycles. The van der Waals surface area contributed by atoms with Gasteiger partial charge in [0.15, 0.2) is 6.19 Å². The van der Waals surface area contributed by atoms with Crippen molar-refractivity contribution in [2.75, 3.05) is 6.54 Å². The highest BCUT2D eigenvalue weighted by Crippen LogP contribution is 1.99. The zero-order valence-electron chi connectivity index (χ0n) is 6.77. The largest absolute Gasteiger partial charge is 0.247 e. The Morgan fingerprint density at radius 1 is 1.33 bits per heavy atom. The highest BCUT2D eigenvalue weighted by atomic mass is 15.4. The summed E-state index contributed by atoms with van der Waals surface area (Å²) in [6.07, 6.45) is 2.66. The summed E-state index contributed by atoms with van der Waals surface area (Å²) < 4.78 is 0. The molecule has 62 valence electrons. The maximum absolute atomic E-state index is 8.36. The Morgan fingerprint density at radius 2 is 2.00 bits per heavy atom. The number of nitrogens with zero attached hydrogens (tertiary/aromatic N) is 2. The smallest absolute Gasteiger partial charge is 0.194 e. The fraction of sp³-hybridized carbons (Fsp3) is 0.222. The molecule has 0 unspecified atom stereocenters. The van der Waals surface area contributed by atoms with Crippen LogP contribution in [-0.4, -0.2) is 11.6 Å². The summed E-state index contributed by atoms with van der Waals surface area (Å²) in [6, 6.07) is 9.95. The van der Waals surface area contributed by atoms with E-state index < -0.39 is 0 Å². The van der Waals surface area contributed by atoms with Gasteiger partial charge in [-0.1, -0.05) is 30.3 Å². The molecule has 1 aromatic carbocycles. The third-order valence-electron chi connectivity index (χ3n) is 1.61. The number of hydrazine groups is 1. The Labute approximate surface area is 72.0 Å². The fourth-order valence-corrected chi connectivity index (χ4v) is 0.944. The summed E-state index contributed by atoms with van der Waals surface area (Å²) in [6.45, 7) is 0.570. The van der Waals surface area contributed by atoms with E-state index in [0.717, 1.165) is 11.4 Å². The van der Waals surface area contributed by atoms with Gasteiger partial charge in [-0.3, -0.25) is 0 Å². The first-order valence-electron chi connectivity index (χ1n) is 3.79. The van der Waals surface area contributed by atoms with Crippen LogP contribution in [0.4, 0.5) is 0 Å². The number of benzene rings is 1. The van der Waals surface area contributed by atoms with E-state index in [4.69, 9.17) is 11.1 Å². The van der Waals surface area contributed by atoms with Gasteiger partial charge in [0, 0.05) is 6.54 Å². The molecule has 3 heteroatoms. The van der Waals surface area contributed by atoms with E-state index in [0.29, 0.717) is 6.54 Å². The maximum atomic E-state index is 8.36. The summed E-state index contributed by atoms with van der Waals surface area (Å²) >= 11 is 0. The van der Waals surface area contributed by atoms with E-state index in [-0.39, 0.29) is 0 Å². The third kappa shape index (κ3) is 2.60. The molecule has 0 aliphatic rings. The van der Waals surface area contributed by atoms with Crippen molar-refractivity contribution in [3.63, 3.8) is 0 Å². The van der Waals surface area contributed by atoms with Crippen molar-refractivity contribution in [2.24, 2.45) is 5.84 Å². The van der Waals surface area contributed by atoms with Crippen LogP contribution >= 0.6 is 0 Å². The molecule has 0 saturated carbocycles. The lowest BCUT2D eigenvalue weighted by Gasteiger charge is -2.06. The standard InChI is InChI=1S/C9H11N3/c10-8-12(11)7-6-9-4-2-1-3-5-9/h1-5H,6-7,11H2. The average Bonchev–Trinajstić information content (AvgIpc) is 2.16. The van der Waals surface area contributed by atoms with Gasteiger partial charge in [-0.15, -0.1) is 0 Å². The van der Waals surface area contributed by atoms with Crippen molar-refractivity contribution in [1.82, 2.24) is 5.01 Å². The molecule has 0 bridgehead atoms.